The van der Waals surface area contributed by atoms with E-state index >= 15 is 0 Å². The van der Waals surface area contributed by atoms with Crippen molar-refractivity contribution in [3.05, 3.63) is 30.3 Å². The third-order valence-electron chi connectivity index (χ3n) is 0.995. The fourth-order valence-electron chi connectivity index (χ4n) is 0.630. The van der Waals surface area contributed by atoms with E-state index in [0.717, 1.165) is 5.31 Å². The van der Waals surface area contributed by atoms with Crippen LogP contribution in [0.25, 0.3) is 0 Å². The van der Waals surface area contributed by atoms with Crippen LogP contribution in [-0.4, -0.2) is 5.11 Å². The molecule has 10 heavy (non-hydrogen) atoms. The van der Waals surface area contributed by atoms with Crippen LogP contribution in [0.3, 0.4) is 0 Å². The highest BCUT2D eigenvalue weighted by Crippen LogP contribution is 2.03. The Morgan fingerprint density at radius 2 is 2.10 bits per heavy atom. The lowest BCUT2D eigenvalue weighted by atomic mass is 10.3. The van der Waals surface area contributed by atoms with E-state index in [9.17, 15) is 0 Å². The second kappa shape index (κ2) is 3.17. The van der Waals surface area contributed by atoms with Gasteiger partial charge >= 0.3 is 0 Å². The third kappa shape index (κ3) is 2.03. The Morgan fingerprint density at radius 3 is 2.60 bits per heavy atom. The molecule has 1 aromatic rings. The fourth-order valence-corrected chi connectivity index (χ4v) is 0.735. The van der Waals surface area contributed by atoms with Gasteiger partial charge in [-0.05, 0) is 24.4 Å². The van der Waals surface area contributed by atoms with E-state index in [1.54, 1.807) is 12.1 Å². The predicted octanol–water partition coefficient (Wildman–Crippen LogP) is 1.34. The molecule has 0 amide bonds. The van der Waals surface area contributed by atoms with Gasteiger partial charge in [-0.1, -0.05) is 18.2 Å². The summed E-state index contributed by atoms with van der Waals surface area (Å²) >= 11 is 4.62. The Kier molecular flexibility index (Phi) is 1.80. The van der Waals surface area contributed by atoms with Crippen LogP contribution in [0.15, 0.2) is 30.3 Å². The number of nitrogens with two attached hydrogens (primary N) is 1. The Labute approximate surface area is 66.5 Å². The Bertz CT molecular complexity index is 250. The monoisotopic (exact) mass is 153 g/mol. The average Bonchev–Trinajstić information content (AvgIpc) is 2.05. The van der Waals surface area contributed by atoms with Gasteiger partial charge in [-0.3, -0.25) is 0 Å². The molecular weight excluding hydrogens is 144 g/mol. The molecule has 2 nitrogen and oxygen atoms in total. The summed E-state index contributed by atoms with van der Waals surface area (Å²) in [6, 6.07) is 9.07. The summed E-state index contributed by atoms with van der Waals surface area (Å²) in [5.41, 5.74) is 5.92. The SMILES string of the molecule is [2H]N(C(N)=S)c1ccccc1. The van der Waals surface area contributed by atoms with E-state index < -0.39 is 0 Å². The maximum absolute atomic E-state index is 7.33. The number of para-hydroxylation sites is 1. The summed E-state index contributed by atoms with van der Waals surface area (Å²) in [5, 5.41) is 1.06. The highest BCUT2D eigenvalue weighted by molar-refractivity contribution is 7.80. The minimum Gasteiger partial charge on any atom is -0.376 e. The molecular formula is C7H8N2S. The van der Waals surface area contributed by atoms with E-state index in [-0.39, 0.29) is 5.11 Å². The van der Waals surface area contributed by atoms with Gasteiger partial charge < -0.3 is 11.0 Å². The molecule has 0 unspecified atom stereocenters. The molecule has 0 aliphatic rings. The van der Waals surface area contributed by atoms with E-state index in [1.807, 2.05) is 18.2 Å². The molecule has 0 bridgehead atoms. The zero-order valence-electron chi connectivity index (χ0n) is 6.32. The highest BCUT2D eigenvalue weighted by Gasteiger charge is 1.87. The van der Waals surface area contributed by atoms with Crippen molar-refractivity contribution < 1.29 is 1.41 Å². The number of nitrogens with one attached hydrogen (secondary N) is 1. The Balaban J connectivity index is 2.85. The minimum absolute atomic E-state index is 0.0520. The van der Waals surface area contributed by atoms with Crippen LogP contribution in [0.1, 0.15) is 0 Å². The van der Waals surface area contributed by atoms with Gasteiger partial charge in [-0.2, -0.15) is 0 Å². The maximum atomic E-state index is 7.33. The van der Waals surface area contributed by atoms with Gasteiger partial charge in [0.15, 0.2) is 6.52 Å². The normalized spacial score (nSPS) is 10.2. The molecule has 0 radical (unpaired) electrons. The molecule has 0 aliphatic heterocycles. The first-order chi connectivity index (χ1) is 5.22. The van der Waals surface area contributed by atoms with Crippen molar-refractivity contribution >= 4 is 23.0 Å². The second-order valence-electron chi connectivity index (χ2n) is 1.79. The zero-order chi connectivity index (χ0) is 8.27. The zero-order valence-corrected chi connectivity index (χ0v) is 6.14. The van der Waals surface area contributed by atoms with Gasteiger partial charge in [0.2, 0.25) is 0 Å². The maximum Gasteiger partial charge on any atom is 0.169 e. The average molecular weight is 153 g/mol. The van der Waals surface area contributed by atoms with Crippen molar-refractivity contribution in [3.63, 3.8) is 0 Å². The highest BCUT2D eigenvalue weighted by atomic mass is 32.1. The largest absolute Gasteiger partial charge is 0.376 e. The van der Waals surface area contributed by atoms with Crippen molar-refractivity contribution in [1.82, 2.24) is 0 Å². The molecule has 0 saturated carbocycles. The van der Waals surface area contributed by atoms with Gasteiger partial charge in [-0.25, -0.2) is 0 Å². The summed E-state index contributed by atoms with van der Waals surface area (Å²) in [6.07, 6.45) is 0. The summed E-state index contributed by atoms with van der Waals surface area (Å²) < 4.78 is 7.33. The smallest absolute Gasteiger partial charge is 0.169 e. The first kappa shape index (κ1) is 5.68. The predicted molar refractivity (Wildman–Crippen MR) is 46.9 cm³/mol. The lowest BCUT2D eigenvalue weighted by Gasteiger charge is -2.00. The van der Waals surface area contributed by atoms with Crippen LogP contribution in [0.2, 0.25) is 1.41 Å². The van der Waals surface area contributed by atoms with Crippen LogP contribution in [0.4, 0.5) is 5.69 Å². The van der Waals surface area contributed by atoms with Gasteiger partial charge in [0.1, 0.15) is 0 Å². The van der Waals surface area contributed by atoms with E-state index in [0.29, 0.717) is 5.69 Å². The number of hydrogen-bond acceptors (Lipinski definition) is 1. The number of thiocarbonyl (C=S) groups is 1. The molecule has 3 heteroatoms. The molecule has 1 aromatic carbocycles. The van der Waals surface area contributed by atoms with Gasteiger partial charge in [-0.15, -0.1) is 0 Å². The second-order valence-corrected chi connectivity index (χ2v) is 2.20. The Hall–Kier alpha value is -1.09. The fraction of sp³-hybridized carbons (Fsp3) is 0. The minimum atomic E-state index is 0.0520. The molecule has 52 valence electrons. The lowest BCUT2D eigenvalue weighted by Crippen LogP contribution is -2.18. The quantitative estimate of drug-likeness (QED) is 0.598. The van der Waals surface area contributed by atoms with Crippen molar-refractivity contribution in [3.8, 4) is 0 Å². The lowest BCUT2D eigenvalue weighted by molar-refractivity contribution is 1.61. The van der Waals surface area contributed by atoms with E-state index in [2.05, 4.69) is 12.2 Å². The van der Waals surface area contributed by atoms with Crippen LogP contribution < -0.4 is 11.0 Å². The molecule has 0 saturated heterocycles. The summed E-state index contributed by atoms with van der Waals surface area (Å²) in [6.45, 7) is 0. The molecule has 0 spiro atoms. The first-order valence-electron chi connectivity index (χ1n) is 3.30. The van der Waals surface area contributed by atoms with E-state index in [4.69, 9.17) is 7.15 Å². The summed E-state index contributed by atoms with van der Waals surface area (Å²) in [5.74, 6) is 0. The third-order valence-corrected chi connectivity index (χ3v) is 1.09. The van der Waals surface area contributed by atoms with Crippen molar-refractivity contribution in [1.29, 1.82) is 0 Å². The molecule has 0 aromatic heterocycles. The number of hydrogen-bond donors (Lipinski definition) is 2. The van der Waals surface area contributed by atoms with E-state index in [1.165, 1.54) is 0 Å². The van der Waals surface area contributed by atoms with Crippen molar-refractivity contribution in [2.75, 3.05) is 5.31 Å². The van der Waals surface area contributed by atoms with Crippen LogP contribution in [-0.2, 0) is 0 Å². The summed E-state index contributed by atoms with van der Waals surface area (Å²) in [4.78, 5) is 0. The molecule has 0 aliphatic carbocycles. The standard InChI is InChI=1S/C7H8N2S/c8-7(10)9-6-4-2-1-3-5-6/h1-5H,(H3,8,9,10)/i/hD. The molecule has 0 heterocycles. The summed E-state index contributed by atoms with van der Waals surface area (Å²) in [7, 11) is 0. The van der Waals surface area contributed by atoms with Gasteiger partial charge in [0, 0.05) is 5.69 Å². The van der Waals surface area contributed by atoms with Crippen LogP contribution in [0.5, 0.6) is 0 Å². The molecule has 1 rings (SSSR count). The molecule has 3 N–H and O–H groups in total. The molecule has 0 fully saturated rings. The number of anilines is 1. The van der Waals surface area contributed by atoms with Crippen LogP contribution >= 0.6 is 12.2 Å². The van der Waals surface area contributed by atoms with Crippen LogP contribution in [0, 0.1) is 0 Å². The van der Waals surface area contributed by atoms with Gasteiger partial charge in [0.05, 0.1) is 0 Å². The number of rotatable bonds is 1. The number of benzene rings is 1. The van der Waals surface area contributed by atoms with Crippen molar-refractivity contribution in [2.24, 2.45) is 5.73 Å². The van der Waals surface area contributed by atoms with Gasteiger partial charge in [0.25, 0.3) is 0 Å². The molecule has 0 atom stereocenters. The van der Waals surface area contributed by atoms with Crippen molar-refractivity contribution in [2.45, 2.75) is 0 Å². The topological polar surface area (TPSA) is 38.0 Å². The first-order valence-corrected chi connectivity index (χ1v) is 3.26. The Morgan fingerprint density at radius 1 is 1.50 bits per heavy atom.